The van der Waals surface area contributed by atoms with Gasteiger partial charge in [-0.15, -0.1) is 11.3 Å². The van der Waals surface area contributed by atoms with Crippen LogP contribution in [0.2, 0.25) is 0 Å². The summed E-state index contributed by atoms with van der Waals surface area (Å²) >= 11 is 1.71. The van der Waals surface area contributed by atoms with Crippen molar-refractivity contribution in [2.45, 2.75) is 38.7 Å². The summed E-state index contributed by atoms with van der Waals surface area (Å²) in [5.41, 5.74) is 0. The molecule has 2 heterocycles. The van der Waals surface area contributed by atoms with E-state index < -0.39 is 0 Å². The highest BCUT2D eigenvalue weighted by Gasteiger charge is 2.16. The van der Waals surface area contributed by atoms with Crippen molar-refractivity contribution in [1.82, 2.24) is 20.5 Å². The summed E-state index contributed by atoms with van der Waals surface area (Å²) < 4.78 is 5.64. The van der Waals surface area contributed by atoms with Gasteiger partial charge in [0.15, 0.2) is 5.96 Å². The Balaban J connectivity index is 1.89. The van der Waals surface area contributed by atoms with Crippen molar-refractivity contribution in [2.24, 2.45) is 4.99 Å². The van der Waals surface area contributed by atoms with Crippen molar-refractivity contribution in [3.8, 4) is 0 Å². The molecule has 2 rings (SSSR count). The predicted molar refractivity (Wildman–Crippen MR) is 101 cm³/mol. The SMILES string of the molecule is Cc1cnc(C(C)CNC(=NCC(=O)N(C)C)NCC2CCCO2)s1. The number of aromatic nitrogens is 1. The zero-order valence-corrected chi connectivity index (χ0v) is 16.4. The second-order valence-corrected chi connectivity index (χ2v) is 7.83. The molecule has 25 heavy (non-hydrogen) atoms. The van der Waals surface area contributed by atoms with Crippen molar-refractivity contribution in [3.63, 3.8) is 0 Å². The minimum absolute atomic E-state index is 0.0261. The van der Waals surface area contributed by atoms with Gasteiger partial charge in [0.25, 0.3) is 0 Å². The lowest BCUT2D eigenvalue weighted by atomic mass is 10.2. The van der Waals surface area contributed by atoms with Crippen LogP contribution in [0.1, 0.15) is 35.6 Å². The van der Waals surface area contributed by atoms with Crippen molar-refractivity contribution in [1.29, 1.82) is 0 Å². The normalized spacial score (nSPS) is 18.9. The highest BCUT2D eigenvalue weighted by atomic mass is 32.1. The van der Waals surface area contributed by atoms with Gasteiger partial charge in [0.1, 0.15) is 6.54 Å². The van der Waals surface area contributed by atoms with Crippen molar-refractivity contribution >= 4 is 23.2 Å². The largest absolute Gasteiger partial charge is 0.376 e. The van der Waals surface area contributed by atoms with Gasteiger partial charge in [0.05, 0.1) is 11.1 Å². The molecule has 1 aliphatic rings. The number of hydrogen-bond acceptors (Lipinski definition) is 5. The monoisotopic (exact) mass is 367 g/mol. The fourth-order valence-corrected chi connectivity index (χ4v) is 3.24. The van der Waals surface area contributed by atoms with Crippen molar-refractivity contribution in [3.05, 3.63) is 16.1 Å². The smallest absolute Gasteiger partial charge is 0.243 e. The van der Waals surface area contributed by atoms with E-state index in [0.717, 1.165) is 24.5 Å². The molecule has 1 amide bonds. The summed E-state index contributed by atoms with van der Waals surface area (Å²) in [4.78, 5) is 23.4. The highest BCUT2D eigenvalue weighted by molar-refractivity contribution is 7.11. The molecule has 0 spiro atoms. The third-order valence-electron chi connectivity index (χ3n) is 4.03. The Bertz CT molecular complexity index is 581. The van der Waals surface area contributed by atoms with Gasteiger partial charge in [-0.3, -0.25) is 4.79 Å². The Morgan fingerprint density at radius 3 is 2.92 bits per heavy atom. The minimum Gasteiger partial charge on any atom is -0.376 e. The molecule has 2 atom stereocenters. The first-order valence-corrected chi connectivity index (χ1v) is 9.53. The topological polar surface area (TPSA) is 78.9 Å². The number of nitrogens with one attached hydrogen (secondary N) is 2. The molecule has 1 fully saturated rings. The maximum absolute atomic E-state index is 11.8. The number of ether oxygens (including phenoxy) is 1. The van der Waals surface area contributed by atoms with Crippen LogP contribution in [0, 0.1) is 6.92 Å². The third kappa shape index (κ3) is 6.62. The molecule has 140 valence electrons. The average molecular weight is 368 g/mol. The van der Waals surface area contributed by atoms with Gasteiger partial charge >= 0.3 is 0 Å². The van der Waals surface area contributed by atoms with Gasteiger partial charge < -0.3 is 20.3 Å². The molecule has 8 heteroatoms. The molecule has 7 nitrogen and oxygen atoms in total. The number of aryl methyl sites for hydroxylation is 1. The van der Waals surface area contributed by atoms with Gasteiger partial charge in [-0.2, -0.15) is 0 Å². The molecule has 1 aromatic rings. The summed E-state index contributed by atoms with van der Waals surface area (Å²) in [6.07, 6.45) is 4.28. The van der Waals surface area contributed by atoms with Crippen LogP contribution in [0.4, 0.5) is 0 Å². The van der Waals surface area contributed by atoms with Crippen LogP contribution >= 0.6 is 11.3 Å². The van der Waals surface area contributed by atoms with Crippen molar-refractivity contribution < 1.29 is 9.53 Å². The number of guanidine groups is 1. The predicted octanol–water partition coefficient (Wildman–Crippen LogP) is 1.36. The molecule has 2 unspecified atom stereocenters. The average Bonchev–Trinajstić information content (AvgIpc) is 3.24. The van der Waals surface area contributed by atoms with Gasteiger partial charge in [0, 0.05) is 50.8 Å². The standard InChI is InChI=1S/C17H29N5O2S/c1-12(16-18-9-13(2)25-16)8-19-17(21-11-15(23)22(3)4)20-10-14-6-5-7-24-14/h9,12,14H,5-8,10-11H2,1-4H3,(H2,19,20,21). The van der Waals surface area contributed by atoms with Crippen LogP contribution in [0.15, 0.2) is 11.2 Å². The van der Waals surface area contributed by atoms with Crippen LogP contribution in [-0.4, -0.2) is 68.2 Å². The number of aliphatic imine (C=N–C) groups is 1. The van der Waals surface area contributed by atoms with Gasteiger partial charge in [-0.05, 0) is 19.8 Å². The molecule has 1 saturated heterocycles. The van der Waals surface area contributed by atoms with E-state index in [0.29, 0.717) is 19.0 Å². The Morgan fingerprint density at radius 1 is 1.52 bits per heavy atom. The molecule has 1 aromatic heterocycles. The summed E-state index contributed by atoms with van der Waals surface area (Å²) in [6, 6.07) is 0. The maximum Gasteiger partial charge on any atom is 0.243 e. The highest BCUT2D eigenvalue weighted by Crippen LogP contribution is 2.20. The minimum atomic E-state index is -0.0261. The summed E-state index contributed by atoms with van der Waals surface area (Å²) in [5, 5.41) is 7.72. The Kier molecular flexibility index (Phi) is 7.64. The Morgan fingerprint density at radius 2 is 2.32 bits per heavy atom. The van der Waals surface area contributed by atoms with Crippen LogP contribution in [0.3, 0.4) is 0 Å². The number of hydrogen-bond donors (Lipinski definition) is 2. The fourth-order valence-electron chi connectivity index (χ4n) is 2.42. The molecular formula is C17H29N5O2S. The van der Waals surface area contributed by atoms with Crippen molar-refractivity contribution in [2.75, 3.05) is 40.3 Å². The van der Waals surface area contributed by atoms with E-state index in [9.17, 15) is 4.79 Å². The fraction of sp³-hybridized carbons (Fsp3) is 0.706. The van der Waals surface area contributed by atoms with E-state index in [4.69, 9.17) is 4.74 Å². The Hall–Kier alpha value is -1.67. The van der Waals surface area contributed by atoms with Crippen LogP contribution < -0.4 is 10.6 Å². The first-order chi connectivity index (χ1) is 12.0. The lowest BCUT2D eigenvalue weighted by molar-refractivity contribution is -0.127. The van der Waals surface area contributed by atoms with Gasteiger partial charge in [-0.25, -0.2) is 9.98 Å². The summed E-state index contributed by atoms with van der Waals surface area (Å²) in [6.45, 7) is 6.55. The Labute approximate surface area is 153 Å². The van der Waals surface area contributed by atoms with E-state index in [1.54, 1.807) is 30.3 Å². The number of amides is 1. The van der Waals surface area contributed by atoms with Crippen LogP contribution in [0.5, 0.6) is 0 Å². The molecular weight excluding hydrogens is 338 g/mol. The lowest BCUT2D eigenvalue weighted by Crippen LogP contribution is -2.43. The number of carbonyl (C=O) groups excluding carboxylic acids is 1. The van der Waals surface area contributed by atoms with E-state index in [2.05, 4.69) is 34.5 Å². The van der Waals surface area contributed by atoms with E-state index in [-0.39, 0.29) is 24.5 Å². The van der Waals surface area contributed by atoms with E-state index >= 15 is 0 Å². The number of carbonyl (C=O) groups is 1. The number of rotatable bonds is 7. The molecule has 0 aromatic carbocycles. The first kappa shape index (κ1) is 19.7. The third-order valence-corrected chi connectivity index (χ3v) is 5.17. The van der Waals surface area contributed by atoms with Crippen LogP contribution in [0.25, 0.3) is 0 Å². The number of likely N-dealkylation sites (N-methyl/N-ethyl adjacent to an activating group) is 1. The second-order valence-electron chi connectivity index (χ2n) is 6.56. The van der Waals surface area contributed by atoms with Gasteiger partial charge in [-0.1, -0.05) is 6.92 Å². The molecule has 0 bridgehead atoms. The maximum atomic E-state index is 11.8. The zero-order valence-electron chi connectivity index (χ0n) is 15.5. The van der Waals surface area contributed by atoms with E-state index in [1.165, 1.54) is 4.88 Å². The zero-order chi connectivity index (χ0) is 18.2. The second kappa shape index (κ2) is 9.72. The molecule has 0 radical (unpaired) electrons. The molecule has 0 saturated carbocycles. The summed E-state index contributed by atoms with van der Waals surface area (Å²) in [5.74, 6) is 0.894. The lowest BCUT2D eigenvalue weighted by Gasteiger charge is -2.17. The molecule has 0 aliphatic carbocycles. The first-order valence-electron chi connectivity index (χ1n) is 8.72. The van der Waals surface area contributed by atoms with Gasteiger partial charge in [0.2, 0.25) is 5.91 Å². The number of nitrogens with zero attached hydrogens (tertiary/aromatic N) is 3. The molecule has 1 aliphatic heterocycles. The van der Waals surface area contributed by atoms with E-state index in [1.807, 2.05) is 6.20 Å². The van der Waals surface area contributed by atoms with Crippen LogP contribution in [-0.2, 0) is 9.53 Å². The summed E-state index contributed by atoms with van der Waals surface area (Å²) in [7, 11) is 3.47. The number of thiazole rings is 1. The molecule has 2 N–H and O–H groups in total. The quantitative estimate of drug-likeness (QED) is 0.562.